The first-order valence-corrected chi connectivity index (χ1v) is 7.19. The van der Waals surface area contributed by atoms with Gasteiger partial charge in [-0.1, -0.05) is 44.2 Å². The zero-order valence-corrected chi connectivity index (χ0v) is 12.0. The van der Waals surface area contributed by atoms with Crippen molar-refractivity contribution < 1.29 is 0 Å². The fraction of sp³-hybridized carbons (Fsp3) is 0.412. The molecule has 0 radical (unpaired) electrons. The number of rotatable bonds is 3. The molecule has 0 atom stereocenters. The number of nitrogens with zero attached hydrogens (tertiary/aromatic N) is 2. The molecular formula is C17H20N2O. The van der Waals surface area contributed by atoms with Crippen LogP contribution in [0.25, 0.3) is 11.3 Å². The molecule has 104 valence electrons. The van der Waals surface area contributed by atoms with E-state index in [0.717, 1.165) is 23.7 Å². The lowest BCUT2D eigenvalue weighted by Gasteiger charge is -2.43. The van der Waals surface area contributed by atoms with E-state index in [2.05, 4.69) is 18.9 Å². The molecule has 0 unspecified atom stereocenters. The van der Waals surface area contributed by atoms with Gasteiger partial charge in [0, 0.05) is 11.6 Å². The second-order valence-electron chi connectivity index (χ2n) is 6.40. The molecule has 0 N–H and O–H groups in total. The second kappa shape index (κ2) is 4.89. The van der Waals surface area contributed by atoms with E-state index in [-0.39, 0.29) is 11.0 Å². The molecule has 0 saturated heterocycles. The summed E-state index contributed by atoms with van der Waals surface area (Å²) in [6.45, 7) is 5.23. The van der Waals surface area contributed by atoms with E-state index < -0.39 is 0 Å². The molecule has 3 nitrogen and oxygen atoms in total. The highest BCUT2D eigenvalue weighted by atomic mass is 16.1. The Morgan fingerprint density at radius 2 is 1.90 bits per heavy atom. The zero-order valence-electron chi connectivity index (χ0n) is 12.0. The molecule has 1 heterocycles. The minimum absolute atomic E-state index is 0.00883. The van der Waals surface area contributed by atoms with Crippen molar-refractivity contribution in [1.82, 2.24) is 9.78 Å². The summed E-state index contributed by atoms with van der Waals surface area (Å²) in [5.41, 5.74) is 2.13. The lowest BCUT2D eigenvalue weighted by Crippen LogP contribution is -2.40. The molecule has 1 fully saturated rings. The molecule has 2 aromatic rings. The van der Waals surface area contributed by atoms with Crippen molar-refractivity contribution in [3.8, 4) is 11.3 Å². The normalized spacial score (nSPS) is 25.2. The van der Waals surface area contributed by atoms with Crippen LogP contribution in [0.15, 0.2) is 47.3 Å². The van der Waals surface area contributed by atoms with Crippen LogP contribution in [0.4, 0.5) is 0 Å². The molecule has 20 heavy (non-hydrogen) atoms. The molecular weight excluding hydrogens is 248 g/mol. The van der Waals surface area contributed by atoms with Crippen LogP contribution in [0.2, 0.25) is 0 Å². The van der Waals surface area contributed by atoms with Gasteiger partial charge in [-0.25, -0.2) is 4.68 Å². The number of hydrogen-bond acceptors (Lipinski definition) is 2. The SMILES string of the molecule is CC1CC(C)(Cn2nc(-c3ccccc3)ccc2=O)C1. The lowest BCUT2D eigenvalue weighted by molar-refractivity contribution is 0.0611. The van der Waals surface area contributed by atoms with Crippen molar-refractivity contribution >= 4 is 0 Å². The summed E-state index contributed by atoms with van der Waals surface area (Å²) < 4.78 is 1.63. The quantitative estimate of drug-likeness (QED) is 0.855. The Labute approximate surface area is 119 Å². The number of benzene rings is 1. The van der Waals surface area contributed by atoms with Crippen molar-refractivity contribution in [2.75, 3.05) is 0 Å². The molecule has 1 aromatic heterocycles. The molecule has 0 bridgehead atoms. The van der Waals surface area contributed by atoms with Gasteiger partial charge in [0.05, 0.1) is 12.2 Å². The van der Waals surface area contributed by atoms with Gasteiger partial charge >= 0.3 is 0 Å². The first-order chi connectivity index (χ1) is 9.56. The van der Waals surface area contributed by atoms with Crippen molar-refractivity contribution in [3.63, 3.8) is 0 Å². The van der Waals surface area contributed by atoms with Crippen molar-refractivity contribution in [3.05, 3.63) is 52.8 Å². The van der Waals surface area contributed by atoms with Crippen LogP contribution in [0.1, 0.15) is 26.7 Å². The predicted octanol–water partition coefficient (Wildman–Crippen LogP) is 3.35. The van der Waals surface area contributed by atoms with Crippen LogP contribution in [0, 0.1) is 11.3 Å². The molecule has 0 spiro atoms. The second-order valence-corrected chi connectivity index (χ2v) is 6.40. The summed E-state index contributed by atoms with van der Waals surface area (Å²) in [4.78, 5) is 12.0. The summed E-state index contributed by atoms with van der Waals surface area (Å²) in [5, 5.41) is 4.54. The Bertz CT molecular complexity index is 654. The Balaban J connectivity index is 1.90. The van der Waals surface area contributed by atoms with Crippen molar-refractivity contribution in [2.45, 2.75) is 33.2 Å². The summed E-state index contributed by atoms with van der Waals surface area (Å²) in [6, 6.07) is 13.4. The fourth-order valence-electron chi connectivity index (χ4n) is 3.44. The molecule has 1 saturated carbocycles. The van der Waals surface area contributed by atoms with E-state index in [1.165, 1.54) is 12.8 Å². The average Bonchev–Trinajstić information content (AvgIpc) is 2.41. The molecule has 1 aromatic carbocycles. The monoisotopic (exact) mass is 268 g/mol. The molecule has 3 heteroatoms. The van der Waals surface area contributed by atoms with Gasteiger partial charge in [-0.2, -0.15) is 5.10 Å². The van der Waals surface area contributed by atoms with E-state index in [9.17, 15) is 4.79 Å². The Morgan fingerprint density at radius 3 is 2.55 bits per heavy atom. The minimum atomic E-state index is -0.00883. The van der Waals surface area contributed by atoms with Crippen LogP contribution >= 0.6 is 0 Å². The summed E-state index contributed by atoms with van der Waals surface area (Å²) in [5.74, 6) is 0.771. The third-order valence-corrected chi connectivity index (χ3v) is 4.15. The predicted molar refractivity (Wildman–Crippen MR) is 80.4 cm³/mol. The van der Waals surface area contributed by atoms with Gasteiger partial charge in [-0.05, 0) is 30.2 Å². The van der Waals surface area contributed by atoms with E-state index in [4.69, 9.17) is 0 Å². The van der Waals surface area contributed by atoms with Gasteiger partial charge in [0.1, 0.15) is 0 Å². The number of aromatic nitrogens is 2. The maximum Gasteiger partial charge on any atom is 0.266 e. The third-order valence-electron chi connectivity index (χ3n) is 4.15. The largest absolute Gasteiger partial charge is 0.268 e. The Hall–Kier alpha value is -1.90. The van der Waals surface area contributed by atoms with Gasteiger partial charge in [-0.3, -0.25) is 4.79 Å². The molecule has 1 aliphatic rings. The summed E-state index contributed by atoms with van der Waals surface area (Å²) >= 11 is 0. The average molecular weight is 268 g/mol. The van der Waals surface area contributed by atoms with Gasteiger partial charge in [0.25, 0.3) is 5.56 Å². The highest BCUT2D eigenvalue weighted by Crippen LogP contribution is 2.45. The van der Waals surface area contributed by atoms with Crippen molar-refractivity contribution in [1.29, 1.82) is 0 Å². The van der Waals surface area contributed by atoms with E-state index in [1.54, 1.807) is 16.8 Å². The Morgan fingerprint density at radius 1 is 1.20 bits per heavy atom. The lowest BCUT2D eigenvalue weighted by atomic mass is 9.64. The van der Waals surface area contributed by atoms with Crippen molar-refractivity contribution in [2.24, 2.45) is 11.3 Å². The molecule has 0 amide bonds. The van der Waals surface area contributed by atoms with E-state index >= 15 is 0 Å². The van der Waals surface area contributed by atoms with Crippen LogP contribution in [-0.4, -0.2) is 9.78 Å². The number of hydrogen-bond donors (Lipinski definition) is 0. The minimum Gasteiger partial charge on any atom is -0.268 e. The topological polar surface area (TPSA) is 34.9 Å². The maximum atomic E-state index is 12.0. The van der Waals surface area contributed by atoms with E-state index in [0.29, 0.717) is 0 Å². The van der Waals surface area contributed by atoms with Gasteiger partial charge in [0.2, 0.25) is 0 Å². The highest BCUT2D eigenvalue weighted by molar-refractivity contribution is 5.57. The standard InChI is InChI=1S/C17H20N2O/c1-13-10-17(2,11-13)12-19-16(20)9-8-15(18-19)14-6-4-3-5-7-14/h3-9,13H,10-12H2,1-2H3. The van der Waals surface area contributed by atoms with Crippen LogP contribution in [-0.2, 0) is 6.54 Å². The van der Waals surface area contributed by atoms with E-state index in [1.807, 2.05) is 30.3 Å². The van der Waals surface area contributed by atoms with Gasteiger partial charge in [-0.15, -0.1) is 0 Å². The molecule has 3 rings (SSSR count). The summed E-state index contributed by atoms with van der Waals surface area (Å²) in [6.07, 6.45) is 2.35. The molecule has 0 aliphatic heterocycles. The van der Waals surface area contributed by atoms with Crippen LogP contribution in [0.3, 0.4) is 0 Å². The Kier molecular flexibility index (Phi) is 3.20. The third kappa shape index (κ3) is 2.53. The van der Waals surface area contributed by atoms with Crippen LogP contribution in [0.5, 0.6) is 0 Å². The van der Waals surface area contributed by atoms with Crippen LogP contribution < -0.4 is 5.56 Å². The van der Waals surface area contributed by atoms with Gasteiger partial charge in [0.15, 0.2) is 0 Å². The van der Waals surface area contributed by atoms with Gasteiger partial charge < -0.3 is 0 Å². The maximum absolute atomic E-state index is 12.0. The summed E-state index contributed by atoms with van der Waals surface area (Å²) in [7, 11) is 0. The smallest absolute Gasteiger partial charge is 0.266 e. The highest BCUT2D eigenvalue weighted by Gasteiger charge is 2.38. The first-order valence-electron chi connectivity index (χ1n) is 7.19. The zero-order chi connectivity index (χ0) is 14.2. The molecule has 1 aliphatic carbocycles. The fourth-order valence-corrected chi connectivity index (χ4v) is 3.44. The first kappa shape index (κ1) is 13.1.